The number of hydrogen-bond acceptors (Lipinski definition) is 1. The van der Waals surface area contributed by atoms with E-state index in [0.717, 1.165) is 0 Å². The van der Waals surface area contributed by atoms with E-state index in [-0.39, 0.29) is 0 Å². The van der Waals surface area contributed by atoms with Gasteiger partial charge < -0.3 is 0 Å². The zero-order chi connectivity index (χ0) is 4.83. The van der Waals surface area contributed by atoms with Gasteiger partial charge in [-0.05, 0) is 6.42 Å². The molecule has 6 heavy (non-hydrogen) atoms. The summed E-state index contributed by atoms with van der Waals surface area (Å²) in [5.41, 5.74) is 0. The molecule has 0 heterocycles. The summed E-state index contributed by atoms with van der Waals surface area (Å²) in [4.78, 5) is 0. The van der Waals surface area contributed by atoms with Crippen LogP contribution in [0.15, 0.2) is 12.7 Å². The smallest absolute Gasteiger partial charge is 0.0844 e. The second kappa shape index (κ2) is 4.63. The van der Waals surface area contributed by atoms with Gasteiger partial charge in [0.2, 0.25) is 0 Å². The van der Waals surface area contributed by atoms with Gasteiger partial charge in [0, 0.05) is 5.37 Å². The van der Waals surface area contributed by atoms with E-state index in [2.05, 4.69) is 6.58 Å². The molecule has 0 unspecified atom stereocenters. The van der Waals surface area contributed by atoms with E-state index in [0.29, 0.717) is 17.7 Å². The van der Waals surface area contributed by atoms with Gasteiger partial charge in [-0.25, -0.2) is 4.21 Å². The average molecular weight is 102 g/mol. The minimum Gasteiger partial charge on any atom is -0.213 e. The van der Waals surface area contributed by atoms with Crippen molar-refractivity contribution in [3.8, 4) is 0 Å². The molecular formula is C4H6OS. The molecule has 0 fully saturated rings. The quantitative estimate of drug-likeness (QED) is 0.368. The van der Waals surface area contributed by atoms with Crippen molar-refractivity contribution in [3.63, 3.8) is 0 Å². The van der Waals surface area contributed by atoms with Crippen molar-refractivity contribution in [1.29, 1.82) is 0 Å². The predicted molar refractivity (Wildman–Crippen MR) is 29.0 cm³/mol. The highest BCUT2D eigenvalue weighted by Crippen LogP contribution is 1.65. The van der Waals surface area contributed by atoms with E-state index in [1.54, 1.807) is 11.4 Å². The van der Waals surface area contributed by atoms with Gasteiger partial charge in [-0.2, -0.15) is 0 Å². The first-order valence-corrected chi connectivity index (χ1v) is 2.43. The van der Waals surface area contributed by atoms with Crippen LogP contribution in [0.2, 0.25) is 0 Å². The monoisotopic (exact) mass is 102 g/mol. The molecule has 0 aliphatic carbocycles. The lowest BCUT2D eigenvalue weighted by atomic mass is 10.5. The molecule has 0 aromatic heterocycles. The molecule has 0 radical (unpaired) electrons. The highest BCUT2D eigenvalue weighted by molar-refractivity contribution is 7.64. The maximum atomic E-state index is 9.50. The summed E-state index contributed by atoms with van der Waals surface area (Å²) in [5, 5.41) is 1.55. The van der Waals surface area contributed by atoms with E-state index in [1.807, 2.05) is 0 Å². The second-order valence-corrected chi connectivity index (χ2v) is 1.31. The third-order valence-electron chi connectivity index (χ3n) is 0.331. The molecule has 0 amide bonds. The van der Waals surface area contributed by atoms with E-state index in [1.165, 1.54) is 0 Å². The van der Waals surface area contributed by atoms with Gasteiger partial charge in [0.15, 0.2) is 0 Å². The first-order valence-electron chi connectivity index (χ1n) is 1.63. The Bertz CT molecular complexity index is 81.5. The fraction of sp³-hybridized carbons (Fsp3) is 0.250. The van der Waals surface area contributed by atoms with Crippen LogP contribution in [0.25, 0.3) is 0 Å². The Labute approximate surface area is 40.8 Å². The van der Waals surface area contributed by atoms with Crippen molar-refractivity contribution < 1.29 is 4.21 Å². The summed E-state index contributed by atoms with van der Waals surface area (Å²) in [6.45, 7) is 3.41. The zero-order valence-corrected chi connectivity index (χ0v) is 4.20. The standard InChI is InChI=1S/C4H6OS/c1-2-3-4-6-5/h2,4H,1,3H2. The first-order chi connectivity index (χ1) is 2.91. The van der Waals surface area contributed by atoms with Crippen molar-refractivity contribution in [2.45, 2.75) is 6.42 Å². The molecule has 0 rings (SSSR count). The summed E-state index contributed by atoms with van der Waals surface area (Å²) in [6, 6.07) is 0. The Morgan fingerprint density at radius 1 is 1.83 bits per heavy atom. The molecule has 0 aromatic carbocycles. The molecule has 0 atom stereocenters. The van der Waals surface area contributed by atoms with Crippen molar-refractivity contribution in [1.82, 2.24) is 0 Å². The van der Waals surface area contributed by atoms with Crippen LogP contribution in [0.5, 0.6) is 0 Å². The Morgan fingerprint density at radius 2 is 2.50 bits per heavy atom. The van der Waals surface area contributed by atoms with Crippen LogP contribution in [0.1, 0.15) is 6.42 Å². The fourth-order valence-electron chi connectivity index (χ4n) is 0.107. The van der Waals surface area contributed by atoms with Crippen LogP contribution in [0.3, 0.4) is 0 Å². The van der Waals surface area contributed by atoms with Gasteiger partial charge in [0.25, 0.3) is 0 Å². The highest BCUT2D eigenvalue weighted by atomic mass is 32.1. The highest BCUT2D eigenvalue weighted by Gasteiger charge is 1.59. The zero-order valence-electron chi connectivity index (χ0n) is 3.39. The van der Waals surface area contributed by atoms with Crippen LogP contribution < -0.4 is 0 Å². The van der Waals surface area contributed by atoms with Crippen LogP contribution in [-0.4, -0.2) is 9.58 Å². The predicted octanol–water partition coefficient (Wildman–Crippen LogP) is 0.578. The topological polar surface area (TPSA) is 17.1 Å². The van der Waals surface area contributed by atoms with Gasteiger partial charge in [-0.15, -0.1) is 6.58 Å². The van der Waals surface area contributed by atoms with Crippen LogP contribution >= 0.6 is 0 Å². The first kappa shape index (κ1) is 5.63. The summed E-state index contributed by atoms with van der Waals surface area (Å²) >= 11 is 0.480. The van der Waals surface area contributed by atoms with Gasteiger partial charge in [-0.1, -0.05) is 6.08 Å². The molecular weight excluding hydrogens is 96.1 g/mol. The third-order valence-corrected chi connectivity index (χ3v) is 0.659. The van der Waals surface area contributed by atoms with Crippen LogP contribution in [0, 0.1) is 0 Å². The summed E-state index contributed by atoms with van der Waals surface area (Å²) < 4.78 is 9.50. The molecule has 2 heteroatoms. The van der Waals surface area contributed by atoms with Crippen LogP contribution in [0.4, 0.5) is 0 Å². The Morgan fingerprint density at radius 3 is 2.67 bits per heavy atom. The number of hydrogen-bond donors (Lipinski definition) is 0. The van der Waals surface area contributed by atoms with Gasteiger partial charge in [-0.3, -0.25) is 0 Å². The van der Waals surface area contributed by atoms with Crippen LogP contribution in [-0.2, 0) is 11.3 Å². The number of allylic oxidation sites excluding steroid dienone is 1. The van der Waals surface area contributed by atoms with Gasteiger partial charge in [0.1, 0.15) is 0 Å². The maximum Gasteiger partial charge on any atom is 0.0844 e. The molecule has 0 aliphatic rings. The minimum absolute atomic E-state index is 0.480. The molecule has 1 nitrogen and oxygen atoms in total. The maximum absolute atomic E-state index is 9.50. The molecule has 0 bridgehead atoms. The van der Waals surface area contributed by atoms with Crippen molar-refractivity contribution in [3.05, 3.63) is 12.7 Å². The van der Waals surface area contributed by atoms with Gasteiger partial charge >= 0.3 is 0 Å². The van der Waals surface area contributed by atoms with E-state index in [9.17, 15) is 4.21 Å². The van der Waals surface area contributed by atoms with E-state index < -0.39 is 0 Å². The molecule has 0 spiro atoms. The number of rotatable bonds is 2. The Balaban J connectivity index is 3.07. The Hall–Kier alpha value is -0.370. The molecule has 0 aliphatic heterocycles. The summed E-state index contributed by atoms with van der Waals surface area (Å²) in [6.07, 6.45) is 2.39. The lowest BCUT2D eigenvalue weighted by Gasteiger charge is -1.62. The van der Waals surface area contributed by atoms with E-state index >= 15 is 0 Å². The summed E-state index contributed by atoms with van der Waals surface area (Å²) in [7, 11) is 0. The van der Waals surface area contributed by atoms with Crippen molar-refractivity contribution in [2.75, 3.05) is 0 Å². The van der Waals surface area contributed by atoms with E-state index in [4.69, 9.17) is 0 Å². The Kier molecular flexibility index (Phi) is 4.34. The lowest BCUT2D eigenvalue weighted by molar-refractivity contribution is 0.701. The molecule has 0 saturated carbocycles. The van der Waals surface area contributed by atoms with Crippen molar-refractivity contribution >= 4 is 16.6 Å². The molecule has 0 N–H and O–H groups in total. The minimum atomic E-state index is 0.480. The molecule has 0 saturated heterocycles. The average Bonchev–Trinajstić information content (AvgIpc) is 1.61. The third kappa shape index (κ3) is 3.63. The normalized spacial score (nSPS) is 6.67. The lowest BCUT2D eigenvalue weighted by Crippen LogP contribution is -1.61. The van der Waals surface area contributed by atoms with Gasteiger partial charge in [0.05, 0.1) is 11.3 Å². The molecule has 34 valence electrons. The fourth-order valence-corrected chi connectivity index (χ4v) is 0.322. The SMILES string of the molecule is C=CCC=S=O. The van der Waals surface area contributed by atoms with Crippen molar-refractivity contribution in [2.24, 2.45) is 0 Å². The second-order valence-electron chi connectivity index (χ2n) is 0.787. The molecule has 0 aromatic rings. The largest absolute Gasteiger partial charge is 0.213 e. The summed E-state index contributed by atoms with van der Waals surface area (Å²) in [5.74, 6) is 0.